The number of methoxy groups -OCH3 is 1. The van der Waals surface area contributed by atoms with Crippen molar-refractivity contribution < 1.29 is 4.74 Å². The molecule has 0 fully saturated rings. The zero-order chi connectivity index (χ0) is 13.8. The monoisotopic (exact) mass is 283 g/mol. The van der Waals surface area contributed by atoms with Gasteiger partial charge in [-0.2, -0.15) is 0 Å². The van der Waals surface area contributed by atoms with Crippen LogP contribution in [0.2, 0.25) is 0 Å². The summed E-state index contributed by atoms with van der Waals surface area (Å²) in [5.41, 5.74) is 7.30. The van der Waals surface area contributed by atoms with E-state index in [1.807, 2.05) is 11.3 Å². The summed E-state index contributed by atoms with van der Waals surface area (Å²) in [6.45, 7) is 7.13. The number of nitrogens with zero attached hydrogens (tertiary/aromatic N) is 2. The summed E-state index contributed by atoms with van der Waals surface area (Å²) in [6.07, 6.45) is 3.40. The molecule has 1 heterocycles. The van der Waals surface area contributed by atoms with Gasteiger partial charge in [0.25, 0.3) is 0 Å². The molecular weight excluding hydrogens is 258 g/mol. The average Bonchev–Trinajstić information content (AvgIpc) is 2.79. The highest BCUT2D eigenvalue weighted by Gasteiger charge is 2.23. The molecule has 1 unspecified atom stereocenters. The molecule has 0 radical (unpaired) electrons. The first-order chi connectivity index (χ1) is 9.11. The molecule has 0 aliphatic heterocycles. The molecule has 0 saturated heterocycles. The fourth-order valence-corrected chi connectivity index (χ4v) is 3.69. The Morgan fingerprint density at radius 3 is 2.95 bits per heavy atom. The summed E-state index contributed by atoms with van der Waals surface area (Å²) in [5.74, 6) is 0.617. The van der Waals surface area contributed by atoms with Gasteiger partial charge in [-0.1, -0.05) is 13.8 Å². The fraction of sp³-hybridized carbons (Fsp3) is 0.786. The molecule has 108 valence electrons. The van der Waals surface area contributed by atoms with Gasteiger partial charge in [-0.3, -0.25) is 0 Å². The maximum absolute atomic E-state index is 6.16. The second-order valence-electron chi connectivity index (χ2n) is 5.64. The molecule has 0 aromatic carbocycles. The van der Waals surface area contributed by atoms with Crippen LogP contribution in [0.25, 0.3) is 0 Å². The van der Waals surface area contributed by atoms with Gasteiger partial charge >= 0.3 is 0 Å². The number of nitrogens with two attached hydrogens (primary N) is 1. The van der Waals surface area contributed by atoms with Crippen LogP contribution < -0.4 is 10.6 Å². The lowest BCUT2D eigenvalue weighted by molar-refractivity contribution is 0.204. The van der Waals surface area contributed by atoms with E-state index >= 15 is 0 Å². The lowest BCUT2D eigenvalue weighted by Crippen LogP contribution is -2.31. The number of ether oxygens (including phenoxy) is 1. The van der Waals surface area contributed by atoms with Gasteiger partial charge in [0, 0.05) is 31.1 Å². The van der Waals surface area contributed by atoms with Gasteiger partial charge in [-0.05, 0) is 25.2 Å². The van der Waals surface area contributed by atoms with Crippen molar-refractivity contribution >= 4 is 16.5 Å². The van der Waals surface area contributed by atoms with Crippen molar-refractivity contribution in [1.82, 2.24) is 4.98 Å². The van der Waals surface area contributed by atoms with E-state index < -0.39 is 0 Å². The number of hydrogen-bond donors (Lipinski definition) is 1. The Bertz CT molecular complexity index is 405. The third kappa shape index (κ3) is 3.68. The number of aromatic nitrogens is 1. The molecule has 19 heavy (non-hydrogen) atoms. The molecular formula is C14H25N3OS. The molecule has 0 amide bonds. The second kappa shape index (κ2) is 6.68. The topological polar surface area (TPSA) is 51.4 Å². The van der Waals surface area contributed by atoms with E-state index in [1.165, 1.54) is 11.3 Å². The molecule has 4 nitrogen and oxygen atoms in total. The van der Waals surface area contributed by atoms with Gasteiger partial charge in [0.2, 0.25) is 0 Å². The molecule has 1 aromatic heterocycles. The van der Waals surface area contributed by atoms with E-state index in [1.54, 1.807) is 7.11 Å². The maximum Gasteiger partial charge on any atom is 0.185 e. The summed E-state index contributed by atoms with van der Waals surface area (Å²) >= 11 is 1.82. The summed E-state index contributed by atoms with van der Waals surface area (Å²) < 4.78 is 5.21. The molecule has 2 N–H and O–H groups in total. The smallest absolute Gasteiger partial charge is 0.185 e. The maximum atomic E-state index is 6.16. The van der Waals surface area contributed by atoms with Crippen LogP contribution in [0.5, 0.6) is 0 Å². The van der Waals surface area contributed by atoms with Gasteiger partial charge in [0.15, 0.2) is 5.13 Å². The number of hydrogen-bond acceptors (Lipinski definition) is 5. The van der Waals surface area contributed by atoms with E-state index in [4.69, 9.17) is 15.5 Å². The van der Waals surface area contributed by atoms with Crippen LogP contribution in [0, 0.1) is 5.92 Å². The molecule has 1 aliphatic rings. The SMILES string of the molecule is COCCN(CC(C)C)c1nc2c(s1)CCCC2N. The first kappa shape index (κ1) is 14.8. The third-order valence-corrected chi connectivity index (χ3v) is 4.60. The second-order valence-corrected chi connectivity index (χ2v) is 6.70. The molecule has 1 aromatic rings. The number of fused-ring (bicyclic) bond motifs is 1. The van der Waals surface area contributed by atoms with Crippen molar-refractivity contribution in [1.29, 1.82) is 0 Å². The van der Waals surface area contributed by atoms with Crippen LogP contribution in [0.1, 0.15) is 43.3 Å². The van der Waals surface area contributed by atoms with Crippen molar-refractivity contribution in [3.05, 3.63) is 10.6 Å². The minimum absolute atomic E-state index is 0.136. The van der Waals surface area contributed by atoms with Crippen molar-refractivity contribution in [3.8, 4) is 0 Å². The molecule has 0 bridgehead atoms. The quantitative estimate of drug-likeness (QED) is 0.872. The number of anilines is 1. The first-order valence-corrected chi connectivity index (χ1v) is 7.92. The lowest BCUT2D eigenvalue weighted by Gasteiger charge is -2.23. The van der Waals surface area contributed by atoms with Crippen molar-refractivity contribution in [2.45, 2.75) is 39.2 Å². The molecule has 0 spiro atoms. The fourth-order valence-electron chi connectivity index (χ4n) is 2.48. The van der Waals surface area contributed by atoms with Crippen molar-refractivity contribution in [3.63, 3.8) is 0 Å². The van der Waals surface area contributed by atoms with Crippen LogP contribution in [0.3, 0.4) is 0 Å². The summed E-state index contributed by atoms with van der Waals surface area (Å²) in [7, 11) is 1.75. The summed E-state index contributed by atoms with van der Waals surface area (Å²) in [6, 6.07) is 0.136. The van der Waals surface area contributed by atoms with E-state index in [9.17, 15) is 0 Å². The Kier molecular flexibility index (Phi) is 5.19. The highest BCUT2D eigenvalue weighted by Crippen LogP contribution is 2.35. The molecule has 2 rings (SSSR count). The minimum atomic E-state index is 0.136. The highest BCUT2D eigenvalue weighted by molar-refractivity contribution is 7.15. The zero-order valence-electron chi connectivity index (χ0n) is 12.2. The Morgan fingerprint density at radius 1 is 1.53 bits per heavy atom. The number of thiazole rings is 1. The Balaban J connectivity index is 2.16. The van der Waals surface area contributed by atoms with Gasteiger partial charge in [-0.15, -0.1) is 11.3 Å². The van der Waals surface area contributed by atoms with Crippen LogP contribution in [-0.2, 0) is 11.2 Å². The lowest BCUT2D eigenvalue weighted by atomic mass is 9.99. The number of rotatable bonds is 6. The predicted molar refractivity (Wildman–Crippen MR) is 80.9 cm³/mol. The Labute approximate surface area is 120 Å². The highest BCUT2D eigenvalue weighted by atomic mass is 32.1. The van der Waals surface area contributed by atoms with Crippen molar-refractivity contribution in [2.24, 2.45) is 11.7 Å². The van der Waals surface area contributed by atoms with Gasteiger partial charge in [0.05, 0.1) is 12.3 Å². The first-order valence-electron chi connectivity index (χ1n) is 7.11. The van der Waals surface area contributed by atoms with Gasteiger partial charge in [-0.25, -0.2) is 4.98 Å². The molecule has 5 heteroatoms. The van der Waals surface area contributed by atoms with Crippen LogP contribution in [0.15, 0.2) is 0 Å². The molecule has 1 atom stereocenters. The van der Waals surface area contributed by atoms with Crippen LogP contribution in [0.4, 0.5) is 5.13 Å². The predicted octanol–water partition coefficient (Wildman–Crippen LogP) is 2.59. The van der Waals surface area contributed by atoms with E-state index in [-0.39, 0.29) is 6.04 Å². The Morgan fingerprint density at radius 2 is 2.32 bits per heavy atom. The van der Waals surface area contributed by atoms with Crippen molar-refractivity contribution in [2.75, 3.05) is 31.7 Å². The summed E-state index contributed by atoms with van der Waals surface area (Å²) in [5, 5.41) is 1.12. The van der Waals surface area contributed by atoms with E-state index in [0.717, 1.165) is 43.4 Å². The summed E-state index contributed by atoms with van der Waals surface area (Å²) in [4.78, 5) is 8.53. The minimum Gasteiger partial charge on any atom is -0.383 e. The normalized spacial score (nSPS) is 18.7. The Hall–Kier alpha value is -0.650. The standard InChI is InChI=1S/C14H25N3OS/c1-10(2)9-17(7-8-18-3)14-16-13-11(15)5-4-6-12(13)19-14/h10-11H,4-9,15H2,1-3H3. The molecule has 1 aliphatic carbocycles. The van der Waals surface area contributed by atoms with Gasteiger partial charge < -0.3 is 15.4 Å². The zero-order valence-corrected chi connectivity index (χ0v) is 13.0. The number of aryl methyl sites for hydroxylation is 1. The largest absolute Gasteiger partial charge is 0.383 e. The van der Waals surface area contributed by atoms with Crippen LogP contribution >= 0.6 is 11.3 Å². The third-order valence-electron chi connectivity index (χ3n) is 3.41. The average molecular weight is 283 g/mol. The van der Waals surface area contributed by atoms with E-state index in [2.05, 4.69) is 18.7 Å². The van der Waals surface area contributed by atoms with Gasteiger partial charge in [0.1, 0.15) is 0 Å². The van der Waals surface area contributed by atoms with Crippen LogP contribution in [-0.4, -0.2) is 31.8 Å². The van der Waals surface area contributed by atoms with E-state index in [0.29, 0.717) is 5.92 Å². The molecule has 0 saturated carbocycles.